The van der Waals surface area contributed by atoms with Gasteiger partial charge in [0.05, 0.1) is 12.5 Å². The monoisotopic (exact) mass is 252 g/mol. The molecule has 0 spiro atoms. The van der Waals surface area contributed by atoms with Crippen LogP contribution in [-0.2, 0) is 9.53 Å². The number of hydrogen-bond acceptors (Lipinski definition) is 2. The summed E-state index contributed by atoms with van der Waals surface area (Å²) in [6.45, 7) is 13.2. The van der Waals surface area contributed by atoms with Gasteiger partial charge < -0.3 is 4.74 Å². The van der Waals surface area contributed by atoms with Crippen molar-refractivity contribution < 1.29 is 9.53 Å². The van der Waals surface area contributed by atoms with Gasteiger partial charge in [0.15, 0.2) is 0 Å². The van der Waals surface area contributed by atoms with Gasteiger partial charge in [-0.3, -0.25) is 4.79 Å². The molecule has 1 aliphatic rings. The van der Waals surface area contributed by atoms with Gasteiger partial charge in [-0.05, 0) is 38.5 Å². The smallest absolute Gasteiger partial charge is 0.308 e. The second-order valence-electron chi connectivity index (χ2n) is 6.72. The van der Waals surface area contributed by atoms with Crippen molar-refractivity contribution >= 4 is 5.97 Å². The molecule has 2 heteroatoms. The molecule has 0 radical (unpaired) electrons. The molecular formula is C16H28O2. The third-order valence-electron chi connectivity index (χ3n) is 4.02. The Morgan fingerprint density at radius 3 is 2.50 bits per heavy atom. The lowest BCUT2D eigenvalue weighted by atomic mass is 9.94. The van der Waals surface area contributed by atoms with E-state index in [0.717, 1.165) is 6.42 Å². The Morgan fingerprint density at radius 2 is 2.00 bits per heavy atom. The normalized spacial score (nSPS) is 27.8. The summed E-state index contributed by atoms with van der Waals surface area (Å²) in [6.07, 6.45) is 4.64. The lowest BCUT2D eigenvalue weighted by Gasteiger charge is -2.16. The van der Waals surface area contributed by atoms with Crippen LogP contribution in [0.25, 0.3) is 0 Å². The number of carbonyl (C=O) groups excluding carboxylic acids is 1. The van der Waals surface area contributed by atoms with E-state index in [0.29, 0.717) is 18.4 Å². The summed E-state index contributed by atoms with van der Waals surface area (Å²) in [5.41, 5.74) is 1.61. The van der Waals surface area contributed by atoms with Crippen LogP contribution in [0.1, 0.15) is 54.4 Å². The van der Waals surface area contributed by atoms with Crippen molar-refractivity contribution in [2.75, 3.05) is 6.61 Å². The molecule has 1 aliphatic carbocycles. The Bertz CT molecular complexity index is 326. The zero-order valence-electron chi connectivity index (χ0n) is 12.7. The molecule has 0 aliphatic heterocycles. The lowest BCUT2D eigenvalue weighted by molar-refractivity contribution is -0.149. The van der Waals surface area contributed by atoms with Gasteiger partial charge in [-0.15, -0.1) is 0 Å². The summed E-state index contributed by atoms with van der Waals surface area (Å²) >= 11 is 0. The Balaban J connectivity index is 2.37. The second-order valence-corrected chi connectivity index (χ2v) is 6.72. The van der Waals surface area contributed by atoms with E-state index in [1.54, 1.807) is 0 Å². The van der Waals surface area contributed by atoms with Gasteiger partial charge in [0, 0.05) is 5.41 Å². The fourth-order valence-corrected chi connectivity index (χ4v) is 2.49. The van der Waals surface area contributed by atoms with E-state index >= 15 is 0 Å². The van der Waals surface area contributed by atoms with Crippen molar-refractivity contribution in [1.82, 2.24) is 0 Å². The first-order valence-corrected chi connectivity index (χ1v) is 7.06. The average Bonchev–Trinajstić information content (AvgIpc) is 2.95. The van der Waals surface area contributed by atoms with Gasteiger partial charge in [0.25, 0.3) is 0 Å². The van der Waals surface area contributed by atoms with Gasteiger partial charge in [-0.2, -0.15) is 0 Å². The van der Waals surface area contributed by atoms with E-state index in [1.165, 1.54) is 12.0 Å². The first kappa shape index (κ1) is 15.3. The van der Waals surface area contributed by atoms with E-state index in [4.69, 9.17) is 4.74 Å². The first-order valence-electron chi connectivity index (χ1n) is 7.06. The van der Waals surface area contributed by atoms with Crippen LogP contribution in [0.4, 0.5) is 0 Å². The fourth-order valence-electron chi connectivity index (χ4n) is 2.49. The molecule has 1 saturated carbocycles. The summed E-state index contributed by atoms with van der Waals surface area (Å²) in [5, 5.41) is 0. The number of allylic oxidation sites excluding steroid dienone is 2. The zero-order valence-corrected chi connectivity index (χ0v) is 12.7. The van der Waals surface area contributed by atoms with Crippen LogP contribution < -0.4 is 0 Å². The molecule has 0 saturated heterocycles. The Hall–Kier alpha value is -0.790. The fraction of sp³-hybridized carbons (Fsp3) is 0.812. The van der Waals surface area contributed by atoms with Gasteiger partial charge in [-0.25, -0.2) is 0 Å². The molecule has 104 valence electrons. The van der Waals surface area contributed by atoms with Crippen LogP contribution in [0.3, 0.4) is 0 Å². The highest BCUT2D eigenvalue weighted by Crippen LogP contribution is 2.57. The minimum absolute atomic E-state index is 0.0195. The molecule has 0 aromatic heterocycles. The Labute approximate surface area is 112 Å². The maximum atomic E-state index is 11.5. The number of ether oxygens (including phenoxy) is 1. The summed E-state index contributed by atoms with van der Waals surface area (Å²) in [6, 6.07) is 0. The molecule has 0 aromatic rings. The van der Waals surface area contributed by atoms with Gasteiger partial charge in [0.2, 0.25) is 0 Å². The molecule has 2 unspecified atom stereocenters. The standard InChI is InChI=1S/C16H28O2/c1-11(2)7-8-13(5)14-9-16(14,6)10-18-15(17)12(3)4/h7,12-14H,8-10H2,1-6H3/t13-,14?,16?/m0/s1. The van der Waals surface area contributed by atoms with Crippen molar-refractivity contribution in [2.24, 2.45) is 23.2 Å². The largest absolute Gasteiger partial charge is 0.465 e. The van der Waals surface area contributed by atoms with Gasteiger partial charge in [-0.1, -0.05) is 39.3 Å². The van der Waals surface area contributed by atoms with E-state index in [2.05, 4.69) is 33.8 Å². The molecule has 1 fully saturated rings. The molecule has 1 rings (SSSR count). The maximum absolute atomic E-state index is 11.5. The average molecular weight is 252 g/mol. The summed E-state index contributed by atoms with van der Waals surface area (Å²) in [4.78, 5) is 11.5. The van der Waals surface area contributed by atoms with Crippen molar-refractivity contribution in [3.8, 4) is 0 Å². The van der Waals surface area contributed by atoms with Crippen LogP contribution in [0.2, 0.25) is 0 Å². The second kappa shape index (κ2) is 5.90. The van der Waals surface area contributed by atoms with Crippen LogP contribution >= 0.6 is 0 Å². The topological polar surface area (TPSA) is 26.3 Å². The van der Waals surface area contributed by atoms with Crippen LogP contribution in [0, 0.1) is 23.2 Å². The number of rotatable bonds is 6. The molecular weight excluding hydrogens is 224 g/mol. The maximum Gasteiger partial charge on any atom is 0.308 e. The molecule has 3 atom stereocenters. The molecule has 0 N–H and O–H groups in total. The first-order chi connectivity index (χ1) is 8.26. The van der Waals surface area contributed by atoms with Crippen molar-refractivity contribution in [3.05, 3.63) is 11.6 Å². The highest BCUT2D eigenvalue weighted by molar-refractivity contribution is 5.71. The molecule has 0 amide bonds. The molecule has 0 heterocycles. The lowest BCUT2D eigenvalue weighted by Crippen LogP contribution is -2.19. The van der Waals surface area contributed by atoms with E-state index in [-0.39, 0.29) is 17.3 Å². The molecule has 2 nitrogen and oxygen atoms in total. The van der Waals surface area contributed by atoms with Crippen molar-refractivity contribution in [3.63, 3.8) is 0 Å². The quantitative estimate of drug-likeness (QED) is 0.523. The predicted octanol–water partition coefficient (Wildman–Crippen LogP) is 4.20. The predicted molar refractivity (Wildman–Crippen MR) is 75.2 cm³/mol. The molecule has 0 aromatic carbocycles. The van der Waals surface area contributed by atoms with Crippen molar-refractivity contribution in [1.29, 1.82) is 0 Å². The Morgan fingerprint density at radius 1 is 1.39 bits per heavy atom. The number of esters is 1. The molecule has 0 bridgehead atoms. The van der Waals surface area contributed by atoms with E-state index in [1.807, 2.05) is 13.8 Å². The van der Waals surface area contributed by atoms with Gasteiger partial charge >= 0.3 is 5.97 Å². The Kier molecular flexibility index (Phi) is 5.01. The third kappa shape index (κ3) is 4.15. The minimum atomic E-state index is -0.0705. The summed E-state index contributed by atoms with van der Waals surface area (Å²) in [5.74, 6) is 1.29. The van der Waals surface area contributed by atoms with Crippen LogP contribution in [0.5, 0.6) is 0 Å². The van der Waals surface area contributed by atoms with Crippen LogP contribution in [0.15, 0.2) is 11.6 Å². The zero-order chi connectivity index (χ0) is 13.9. The van der Waals surface area contributed by atoms with E-state index < -0.39 is 0 Å². The van der Waals surface area contributed by atoms with Crippen LogP contribution in [-0.4, -0.2) is 12.6 Å². The molecule has 18 heavy (non-hydrogen) atoms. The highest BCUT2D eigenvalue weighted by Gasteiger charge is 2.52. The highest BCUT2D eigenvalue weighted by atomic mass is 16.5. The van der Waals surface area contributed by atoms with E-state index in [9.17, 15) is 4.79 Å². The minimum Gasteiger partial charge on any atom is -0.465 e. The SMILES string of the molecule is CC(C)=CC[C@H](C)C1CC1(C)COC(=O)C(C)C. The third-order valence-corrected chi connectivity index (χ3v) is 4.02. The summed E-state index contributed by atoms with van der Waals surface area (Å²) in [7, 11) is 0. The van der Waals surface area contributed by atoms with Gasteiger partial charge in [0.1, 0.15) is 0 Å². The summed E-state index contributed by atoms with van der Waals surface area (Å²) < 4.78 is 5.38. The number of hydrogen-bond donors (Lipinski definition) is 0. The van der Waals surface area contributed by atoms with Crippen molar-refractivity contribution in [2.45, 2.75) is 54.4 Å². The number of carbonyl (C=O) groups is 1.